The number of nitrogens with zero attached hydrogens (tertiary/aromatic N) is 2. The number of ether oxygens (including phenoxy) is 2. The monoisotopic (exact) mass is 664 g/mol. The zero-order valence-corrected chi connectivity index (χ0v) is 26.4. The predicted octanol–water partition coefficient (Wildman–Crippen LogP) is 6.80. The second-order valence-corrected chi connectivity index (χ2v) is 12.8. The third-order valence-electron chi connectivity index (χ3n) is 9.32. The van der Waals surface area contributed by atoms with Crippen LogP contribution in [0.2, 0.25) is 0 Å². The van der Waals surface area contributed by atoms with Crippen molar-refractivity contribution >= 4 is 56.1 Å². The van der Waals surface area contributed by atoms with Gasteiger partial charge in [-0.1, -0.05) is 39.7 Å². The van der Waals surface area contributed by atoms with Gasteiger partial charge in [0, 0.05) is 21.0 Å². The van der Waals surface area contributed by atoms with E-state index in [0.29, 0.717) is 39.2 Å². The van der Waals surface area contributed by atoms with E-state index in [9.17, 15) is 19.2 Å². The van der Waals surface area contributed by atoms with Gasteiger partial charge in [-0.05, 0) is 92.8 Å². The number of allylic oxidation sites excluding steroid dienone is 2. The summed E-state index contributed by atoms with van der Waals surface area (Å²) in [5, 5.41) is 0.567. The van der Waals surface area contributed by atoms with E-state index in [-0.39, 0.29) is 46.8 Å². The van der Waals surface area contributed by atoms with Crippen molar-refractivity contribution in [2.24, 2.45) is 23.7 Å². The van der Waals surface area contributed by atoms with Gasteiger partial charge in [-0.2, -0.15) is 0 Å². The summed E-state index contributed by atoms with van der Waals surface area (Å²) in [4.78, 5) is 59.5. The molecule has 45 heavy (non-hydrogen) atoms. The van der Waals surface area contributed by atoms with Gasteiger partial charge in [-0.3, -0.25) is 19.3 Å². The van der Waals surface area contributed by atoms with Gasteiger partial charge >= 0.3 is 5.97 Å². The number of anilines is 1. The molecule has 3 aromatic carbocycles. The van der Waals surface area contributed by atoms with Gasteiger partial charge in [0.15, 0.2) is 6.10 Å². The molecule has 4 aromatic rings. The van der Waals surface area contributed by atoms with E-state index in [0.717, 1.165) is 10.9 Å². The van der Waals surface area contributed by atoms with Gasteiger partial charge in [-0.25, -0.2) is 9.78 Å². The van der Waals surface area contributed by atoms with Crippen LogP contribution in [0.1, 0.15) is 41.0 Å². The van der Waals surface area contributed by atoms with E-state index in [4.69, 9.17) is 14.5 Å². The maximum absolute atomic E-state index is 13.6. The summed E-state index contributed by atoms with van der Waals surface area (Å²) in [7, 11) is 1.54. The minimum Gasteiger partial charge on any atom is -0.497 e. The topological polar surface area (TPSA) is 103 Å². The summed E-state index contributed by atoms with van der Waals surface area (Å²) in [5.74, 6) is -0.916. The first-order chi connectivity index (χ1) is 21.6. The standard InChI is InChI=1S/C36H29BrN2O6/c1-18-14-22-15-26(18)32-31(22)34(41)39(35(32)42)24-9-4-20(5-10-24)30-17-28(27-16-23(37)8-13-29(27)38-30)36(43)45-19(2)33(40)21-6-11-25(44-3)12-7-21/h4-14,16-17,19,22,26,31-32H,15H2,1-3H3. The number of Topliss-reactive ketones (excluding diaryl/α,β-unsaturated/α-hetero) is 1. The summed E-state index contributed by atoms with van der Waals surface area (Å²) in [6.45, 7) is 3.59. The molecular formula is C36H29BrN2O6. The molecule has 0 N–H and O–H groups in total. The number of imide groups is 1. The number of carbonyl (C=O) groups is 4. The lowest BCUT2D eigenvalue weighted by atomic mass is 9.82. The van der Waals surface area contributed by atoms with Crippen molar-refractivity contribution in [3.8, 4) is 17.0 Å². The van der Waals surface area contributed by atoms with Gasteiger partial charge in [-0.15, -0.1) is 0 Å². The van der Waals surface area contributed by atoms with Crippen molar-refractivity contribution in [2.45, 2.75) is 26.4 Å². The van der Waals surface area contributed by atoms with E-state index in [1.54, 1.807) is 80.8 Å². The van der Waals surface area contributed by atoms with Crippen molar-refractivity contribution in [1.82, 2.24) is 4.98 Å². The third kappa shape index (κ3) is 4.86. The maximum atomic E-state index is 13.6. The number of methoxy groups -OCH3 is 1. The zero-order chi connectivity index (χ0) is 31.6. The van der Waals surface area contributed by atoms with Crippen molar-refractivity contribution in [3.63, 3.8) is 0 Å². The number of ketones is 1. The lowest BCUT2D eigenvalue weighted by molar-refractivity contribution is -0.123. The molecule has 2 amide bonds. The summed E-state index contributed by atoms with van der Waals surface area (Å²) in [6, 6.07) is 20.7. The minimum atomic E-state index is -1.03. The zero-order valence-electron chi connectivity index (χ0n) is 24.8. The summed E-state index contributed by atoms with van der Waals surface area (Å²) in [6.07, 6.45) is 2.01. The second kappa shape index (κ2) is 11.1. The molecule has 0 radical (unpaired) electrons. The fourth-order valence-electron chi connectivity index (χ4n) is 7.09. The lowest BCUT2D eigenvalue weighted by Crippen LogP contribution is -2.32. The number of esters is 1. The summed E-state index contributed by atoms with van der Waals surface area (Å²) in [5.41, 5.74) is 4.15. The molecule has 9 heteroatoms. The number of carbonyl (C=O) groups excluding carboxylic acids is 4. The van der Waals surface area contributed by atoms with Gasteiger partial charge in [0.25, 0.3) is 0 Å². The molecule has 5 unspecified atom stereocenters. The van der Waals surface area contributed by atoms with Crippen molar-refractivity contribution < 1.29 is 28.7 Å². The summed E-state index contributed by atoms with van der Waals surface area (Å²) >= 11 is 3.47. The summed E-state index contributed by atoms with van der Waals surface area (Å²) < 4.78 is 11.6. The Labute approximate surface area is 268 Å². The quantitative estimate of drug-likeness (QED) is 0.0926. The maximum Gasteiger partial charge on any atom is 0.339 e. The van der Waals surface area contributed by atoms with Crippen LogP contribution in [0, 0.1) is 23.7 Å². The number of pyridine rings is 1. The number of aromatic nitrogens is 1. The number of hydrogen-bond donors (Lipinski definition) is 0. The van der Waals surface area contributed by atoms with Crippen molar-refractivity contribution in [1.29, 1.82) is 0 Å². The van der Waals surface area contributed by atoms with E-state index < -0.39 is 12.1 Å². The van der Waals surface area contributed by atoms with E-state index in [1.165, 1.54) is 10.5 Å². The lowest BCUT2D eigenvalue weighted by Gasteiger charge is -2.19. The molecule has 0 spiro atoms. The van der Waals surface area contributed by atoms with Crippen LogP contribution in [-0.4, -0.2) is 41.8 Å². The first-order valence-electron chi connectivity index (χ1n) is 14.8. The van der Waals surface area contributed by atoms with E-state index >= 15 is 0 Å². The van der Waals surface area contributed by atoms with Crippen LogP contribution < -0.4 is 9.64 Å². The highest BCUT2D eigenvalue weighted by Gasteiger charge is 2.60. The highest BCUT2D eigenvalue weighted by molar-refractivity contribution is 9.10. The van der Waals surface area contributed by atoms with Crippen LogP contribution in [0.15, 0.2) is 88.9 Å². The highest BCUT2D eigenvalue weighted by atomic mass is 79.9. The Balaban J connectivity index is 1.16. The van der Waals surface area contributed by atoms with Crippen LogP contribution in [0.5, 0.6) is 5.75 Å². The van der Waals surface area contributed by atoms with Crippen molar-refractivity contribution in [2.75, 3.05) is 12.0 Å². The number of benzene rings is 3. The molecule has 2 aliphatic carbocycles. The average molecular weight is 666 g/mol. The fraction of sp³-hybridized carbons (Fsp3) is 0.250. The molecule has 7 rings (SSSR count). The molecule has 3 aliphatic rings. The smallest absolute Gasteiger partial charge is 0.339 e. The molecule has 8 nitrogen and oxygen atoms in total. The molecule has 226 valence electrons. The highest BCUT2D eigenvalue weighted by Crippen LogP contribution is 2.56. The first kappa shape index (κ1) is 29.1. The molecule has 2 heterocycles. The number of rotatable bonds is 7. The Kier molecular flexibility index (Phi) is 7.16. The molecule has 5 atom stereocenters. The minimum absolute atomic E-state index is 0.129. The van der Waals surface area contributed by atoms with E-state index in [1.807, 2.05) is 6.07 Å². The number of fused-ring (bicyclic) bond motifs is 6. The van der Waals surface area contributed by atoms with Crippen LogP contribution in [-0.2, 0) is 14.3 Å². The van der Waals surface area contributed by atoms with Crippen LogP contribution >= 0.6 is 15.9 Å². The Morgan fingerprint density at radius 3 is 2.38 bits per heavy atom. The number of halogens is 1. The second-order valence-electron chi connectivity index (χ2n) is 11.9. The largest absolute Gasteiger partial charge is 0.497 e. The van der Waals surface area contributed by atoms with Crippen LogP contribution in [0.3, 0.4) is 0 Å². The SMILES string of the molecule is COc1ccc(C(=O)C(C)OC(=O)c2cc(-c3ccc(N4C(=O)C5C6C=C(C)C(C6)C5C4=O)cc3)nc3ccc(Br)cc23)cc1. The third-order valence-corrected chi connectivity index (χ3v) is 9.81. The van der Waals surface area contributed by atoms with Gasteiger partial charge in [0.2, 0.25) is 17.6 Å². The number of hydrogen-bond acceptors (Lipinski definition) is 7. The molecule has 1 aliphatic heterocycles. The van der Waals surface area contributed by atoms with Gasteiger partial charge in [0.1, 0.15) is 5.75 Å². The molecule has 1 saturated heterocycles. The van der Waals surface area contributed by atoms with Crippen LogP contribution in [0.25, 0.3) is 22.2 Å². The Morgan fingerprint density at radius 2 is 1.67 bits per heavy atom. The normalized spacial score (nSPS) is 22.4. The fourth-order valence-corrected chi connectivity index (χ4v) is 7.45. The first-order valence-corrected chi connectivity index (χ1v) is 15.6. The Hall–Kier alpha value is -4.63. The molecular weight excluding hydrogens is 636 g/mol. The molecule has 2 fully saturated rings. The van der Waals surface area contributed by atoms with Gasteiger partial charge in [0.05, 0.1) is 41.4 Å². The average Bonchev–Trinajstić information content (AvgIpc) is 3.69. The van der Waals surface area contributed by atoms with Crippen LogP contribution in [0.4, 0.5) is 5.69 Å². The van der Waals surface area contributed by atoms with E-state index in [2.05, 4.69) is 28.9 Å². The Morgan fingerprint density at radius 1 is 0.956 bits per heavy atom. The Bertz CT molecular complexity index is 1930. The predicted molar refractivity (Wildman–Crippen MR) is 172 cm³/mol. The van der Waals surface area contributed by atoms with Gasteiger partial charge < -0.3 is 9.47 Å². The molecule has 2 bridgehead atoms. The van der Waals surface area contributed by atoms with Crippen molar-refractivity contribution in [3.05, 3.63) is 100 Å². The molecule has 1 aromatic heterocycles. The number of amides is 2. The molecule has 1 saturated carbocycles.